The standard InChI is InChI=1S/C12H16ClN3O2/c1-3-15(9-6-14-7-9)11-5-10(13)12(16(17)18)4-8(11)2/h4-5,9,14H,3,6-7H2,1-2H3. The molecule has 1 saturated heterocycles. The zero-order valence-corrected chi connectivity index (χ0v) is 11.2. The lowest BCUT2D eigenvalue weighted by Crippen LogP contribution is -2.57. The van der Waals surface area contributed by atoms with Crippen LogP contribution in [0, 0.1) is 17.0 Å². The molecule has 18 heavy (non-hydrogen) atoms. The molecule has 1 aromatic rings. The van der Waals surface area contributed by atoms with Crippen molar-refractivity contribution < 1.29 is 4.92 Å². The van der Waals surface area contributed by atoms with Crippen LogP contribution >= 0.6 is 11.6 Å². The SMILES string of the molecule is CCN(c1cc(Cl)c([N+](=O)[O-])cc1C)C1CNC1. The van der Waals surface area contributed by atoms with Gasteiger partial charge in [0.05, 0.1) is 11.0 Å². The quantitative estimate of drug-likeness (QED) is 0.673. The molecule has 0 amide bonds. The van der Waals surface area contributed by atoms with Gasteiger partial charge in [0.1, 0.15) is 5.02 Å². The largest absolute Gasteiger partial charge is 0.366 e. The number of likely N-dealkylation sites (N-methyl/N-ethyl adjacent to an activating group) is 1. The molecule has 0 atom stereocenters. The van der Waals surface area contributed by atoms with E-state index in [1.54, 1.807) is 12.1 Å². The predicted molar refractivity (Wildman–Crippen MR) is 72.5 cm³/mol. The van der Waals surface area contributed by atoms with Gasteiger partial charge in [0.2, 0.25) is 0 Å². The molecule has 0 radical (unpaired) electrons. The van der Waals surface area contributed by atoms with E-state index in [9.17, 15) is 10.1 Å². The van der Waals surface area contributed by atoms with Crippen molar-refractivity contribution in [3.05, 3.63) is 32.8 Å². The number of nitro groups is 1. The van der Waals surface area contributed by atoms with Gasteiger partial charge in [0.25, 0.3) is 5.69 Å². The van der Waals surface area contributed by atoms with E-state index in [0.29, 0.717) is 6.04 Å². The average Bonchev–Trinajstić information content (AvgIpc) is 2.25. The van der Waals surface area contributed by atoms with E-state index in [2.05, 4.69) is 17.1 Å². The Morgan fingerprint density at radius 3 is 2.67 bits per heavy atom. The summed E-state index contributed by atoms with van der Waals surface area (Å²) in [6, 6.07) is 3.70. The molecule has 1 heterocycles. The molecule has 0 spiro atoms. The summed E-state index contributed by atoms with van der Waals surface area (Å²) in [5.41, 5.74) is 1.85. The molecule has 0 saturated carbocycles. The second kappa shape index (κ2) is 5.12. The molecular formula is C12H16ClN3O2. The number of rotatable bonds is 4. The first kappa shape index (κ1) is 13.1. The highest BCUT2D eigenvalue weighted by Gasteiger charge is 2.26. The number of hydrogen-bond acceptors (Lipinski definition) is 4. The van der Waals surface area contributed by atoms with Crippen molar-refractivity contribution in [2.45, 2.75) is 19.9 Å². The minimum atomic E-state index is -0.444. The van der Waals surface area contributed by atoms with Crippen LogP contribution in [0.4, 0.5) is 11.4 Å². The molecule has 5 nitrogen and oxygen atoms in total. The van der Waals surface area contributed by atoms with E-state index in [-0.39, 0.29) is 10.7 Å². The fourth-order valence-electron chi connectivity index (χ4n) is 2.22. The van der Waals surface area contributed by atoms with Gasteiger partial charge in [0.15, 0.2) is 0 Å². The van der Waals surface area contributed by atoms with Crippen LogP contribution in [-0.4, -0.2) is 30.6 Å². The molecule has 1 aliphatic heterocycles. The Morgan fingerprint density at radius 1 is 1.56 bits per heavy atom. The number of benzene rings is 1. The highest BCUT2D eigenvalue weighted by Crippen LogP contribution is 2.33. The van der Waals surface area contributed by atoms with Gasteiger partial charge in [-0.25, -0.2) is 0 Å². The van der Waals surface area contributed by atoms with Crippen molar-refractivity contribution in [3.63, 3.8) is 0 Å². The third kappa shape index (κ3) is 2.28. The summed E-state index contributed by atoms with van der Waals surface area (Å²) in [4.78, 5) is 12.6. The van der Waals surface area contributed by atoms with Crippen molar-refractivity contribution in [2.24, 2.45) is 0 Å². The number of anilines is 1. The fraction of sp³-hybridized carbons (Fsp3) is 0.500. The summed E-state index contributed by atoms with van der Waals surface area (Å²) < 4.78 is 0. The molecule has 0 bridgehead atoms. The van der Waals surface area contributed by atoms with E-state index in [1.165, 1.54) is 0 Å². The minimum Gasteiger partial charge on any atom is -0.366 e. The third-order valence-corrected chi connectivity index (χ3v) is 3.62. The van der Waals surface area contributed by atoms with Gasteiger partial charge in [-0.15, -0.1) is 0 Å². The number of halogens is 1. The fourth-order valence-corrected chi connectivity index (χ4v) is 2.45. The van der Waals surface area contributed by atoms with Gasteiger partial charge < -0.3 is 10.2 Å². The Kier molecular flexibility index (Phi) is 3.73. The summed E-state index contributed by atoms with van der Waals surface area (Å²) in [6.45, 7) is 6.71. The van der Waals surface area contributed by atoms with Gasteiger partial charge in [-0.05, 0) is 25.5 Å². The van der Waals surface area contributed by atoms with Crippen LogP contribution in [0.3, 0.4) is 0 Å². The van der Waals surface area contributed by atoms with Gasteiger partial charge >= 0.3 is 0 Å². The van der Waals surface area contributed by atoms with E-state index < -0.39 is 4.92 Å². The topological polar surface area (TPSA) is 58.4 Å². The number of hydrogen-bond donors (Lipinski definition) is 1. The van der Waals surface area contributed by atoms with Crippen LogP contribution < -0.4 is 10.2 Å². The van der Waals surface area contributed by atoms with Gasteiger partial charge in [-0.2, -0.15) is 0 Å². The molecular weight excluding hydrogens is 254 g/mol. The number of nitrogens with one attached hydrogen (secondary N) is 1. The third-order valence-electron chi connectivity index (χ3n) is 3.31. The van der Waals surface area contributed by atoms with Gasteiger partial charge in [0, 0.05) is 31.4 Å². The van der Waals surface area contributed by atoms with Crippen LogP contribution in [0.25, 0.3) is 0 Å². The maximum absolute atomic E-state index is 10.8. The Morgan fingerprint density at radius 2 is 2.22 bits per heavy atom. The van der Waals surface area contributed by atoms with Crippen molar-refractivity contribution in [1.82, 2.24) is 5.32 Å². The average molecular weight is 270 g/mol. The molecule has 6 heteroatoms. The summed E-state index contributed by atoms with van der Waals surface area (Å²) >= 11 is 5.98. The Labute approximate surface area is 111 Å². The molecule has 1 fully saturated rings. The highest BCUT2D eigenvalue weighted by atomic mass is 35.5. The van der Waals surface area contributed by atoms with Crippen molar-refractivity contribution in [2.75, 3.05) is 24.5 Å². The second-order valence-electron chi connectivity index (χ2n) is 4.45. The zero-order chi connectivity index (χ0) is 13.3. The molecule has 1 aliphatic rings. The minimum absolute atomic E-state index is 0.0271. The number of nitro benzene ring substituents is 1. The zero-order valence-electron chi connectivity index (χ0n) is 10.4. The smallest absolute Gasteiger partial charge is 0.288 e. The van der Waals surface area contributed by atoms with E-state index in [0.717, 1.165) is 30.9 Å². The van der Waals surface area contributed by atoms with Crippen LogP contribution in [-0.2, 0) is 0 Å². The number of nitrogens with zero attached hydrogens (tertiary/aromatic N) is 2. The van der Waals surface area contributed by atoms with Crippen LogP contribution in [0.5, 0.6) is 0 Å². The van der Waals surface area contributed by atoms with Crippen molar-refractivity contribution >= 4 is 23.0 Å². The second-order valence-corrected chi connectivity index (χ2v) is 4.85. The molecule has 1 aromatic carbocycles. The van der Waals surface area contributed by atoms with Crippen molar-refractivity contribution in [3.8, 4) is 0 Å². The normalized spacial score (nSPS) is 15.3. The maximum Gasteiger partial charge on any atom is 0.288 e. The van der Waals surface area contributed by atoms with Gasteiger partial charge in [-0.3, -0.25) is 10.1 Å². The molecule has 2 rings (SSSR count). The van der Waals surface area contributed by atoms with Gasteiger partial charge in [-0.1, -0.05) is 11.6 Å². The van der Waals surface area contributed by atoms with Crippen LogP contribution in [0.2, 0.25) is 5.02 Å². The lowest BCUT2D eigenvalue weighted by molar-refractivity contribution is -0.384. The molecule has 0 unspecified atom stereocenters. The summed E-state index contributed by atoms with van der Waals surface area (Å²) in [7, 11) is 0. The van der Waals surface area contributed by atoms with Crippen molar-refractivity contribution in [1.29, 1.82) is 0 Å². The summed E-state index contributed by atoms with van der Waals surface area (Å²) in [6.07, 6.45) is 0. The molecule has 98 valence electrons. The van der Waals surface area contributed by atoms with E-state index in [1.807, 2.05) is 6.92 Å². The van der Waals surface area contributed by atoms with Crippen LogP contribution in [0.15, 0.2) is 12.1 Å². The Hall–Kier alpha value is -1.33. The first-order chi connectivity index (χ1) is 8.54. The highest BCUT2D eigenvalue weighted by molar-refractivity contribution is 6.33. The Balaban J connectivity index is 2.38. The molecule has 1 N–H and O–H groups in total. The lowest BCUT2D eigenvalue weighted by Gasteiger charge is -2.40. The first-order valence-corrected chi connectivity index (χ1v) is 6.34. The molecule has 0 aromatic heterocycles. The monoisotopic (exact) mass is 269 g/mol. The van der Waals surface area contributed by atoms with E-state index >= 15 is 0 Å². The maximum atomic E-state index is 10.8. The van der Waals surface area contributed by atoms with E-state index in [4.69, 9.17) is 11.6 Å². The first-order valence-electron chi connectivity index (χ1n) is 5.96. The summed E-state index contributed by atoms with van der Waals surface area (Å²) in [5.74, 6) is 0. The molecule has 0 aliphatic carbocycles. The lowest BCUT2D eigenvalue weighted by atomic mass is 10.1. The Bertz CT molecular complexity index is 475. The van der Waals surface area contributed by atoms with Crippen LogP contribution in [0.1, 0.15) is 12.5 Å². The predicted octanol–water partition coefficient (Wildman–Crippen LogP) is 2.35. The number of aryl methyl sites for hydroxylation is 1. The summed E-state index contributed by atoms with van der Waals surface area (Å²) in [5, 5.41) is 14.3.